The van der Waals surface area contributed by atoms with Crippen molar-refractivity contribution in [2.45, 2.75) is 77.4 Å². The molecular formula is C16H27NO2S. The second-order valence-corrected chi connectivity index (χ2v) is 6.90. The van der Waals surface area contributed by atoms with Crippen LogP contribution in [-0.2, 0) is 9.47 Å². The molecule has 1 saturated heterocycles. The molecule has 114 valence electrons. The molecule has 0 spiro atoms. The molecule has 2 heterocycles. The highest BCUT2D eigenvalue weighted by atomic mass is 32.1. The van der Waals surface area contributed by atoms with E-state index in [1.165, 1.54) is 10.4 Å². The molecule has 4 atom stereocenters. The Hall–Kier alpha value is -0.420. The van der Waals surface area contributed by atoms with Gasteiger partial charge in [0.25, 0.3) is 0 Å². The molecule has 0 aliphatic carbocycles. The first-order valence-corrected chi connectivity index (χ1v) is 8.49. The van der Waals surface area contributed by atoms with Gasteiger partial charge in [-0.15, -0.1) is 11.3 Å². The van der Waals surface area contributed by atoms with E-state index in [2.05, 4.69) is 39.1 Å². The van der Waals surface area contributed by atoms with Crippen LogP contribution in [0.5, 0.6) is 0 Å². The lowest BCUT2D eigenvalue weighted by Crippen LogP contribution is -2.38. The van der Waals surface area contributed by atoms with Gasteiger partial charge in [0.05, 0.1) is 18.3 Å². The van der Waals surface area contributed by atoms with Crippen molar-refractivity contribution < 1.29 is 9.47 Å². The number of hydrogen-bond donors (Lipinski definition) is 1. The molecule has 1 fully saturated rings. The molecule has 0 saturated carbocycles. The molecule has 1 aromatic heterocycles. The average molecular weight is 297 g/mol. The lowest BCUT2D eigenvalue weighted by atomic mass is 10.0. The summed E-state index contributed by atoms with van der Waals surface area (Å²) in [6.45, 7) is 8.51. The maximum Gasteiger partial charge on any atom is 0.107 e. The summed E-state index contributed by atoms with van der Waals surface area (Å²) in [4.78, 5) is 1.28. The van der Waals surface area contributed by atoms with Crippen LogP contribution in [0.15, 0.2) is 11.4 Å². The van der Waals surface area contributed by atoms with E-state index in [9.17, 15) is 0 Å². The van der Waals surface area contributed by atoms with E-state index in [1.54, 1.807) is 11.3 Å². The van der Waals surface area contributed by atoms with Crippen molar-refractivity contribution in [1.29, 1.82) is 0 Å². The van der Waals surface area contributed by atoms with Crippen LogP contribution in [0.4, 0.5) is 0 Å². The highest BCUT2D eigenvalue weighted by Gasteiger charge is 2.30. The zero-order chi connectivity index (χ0) is 14.7. The van der Waals surface area contributed by atoms with Gasteiger partial charge in [0, 0.05) is 10.9 Å². The molecule has 2 N–H and O–H groups in total. The molecular weight excluding hydrogens is 270 g/mol. The molecule has 0 aromatic carbocycles. The Kier molecular flexibility index (Phi) is 5.61. The maximum absolute atomic E-state index is 6.42. The summed E-state index contributed by atoms with van der Waals surface area (Å²) >= 11 is 1.76. The fraction of sp³-hybridized carbons (Fsp3) is 0.750. The van der Waals surface area contributed by atoms with E-state index in [4.69, 9.17) is 15.2 Å². The third kappa shape index (κ3) is 3.82. The monoisotopic (exact) mass is 297 g/mol. The molecule has 2 rings (SSSR count). The Bertz CT molecular complexity index is 410. The SMILES string of the molecule is CCC(N)C(OC1CC(C)OC(C)C1)c1sccc1C. The second-order valence-electron chi connectivity index (χ2n) is 5.95. The predicted octanol–water partition coefficient (Wildman–Crippen LogP) is 3.81. The van der Waals surface area contributed by atoms with E-state index >= 15 is 0 Å². The largest absolute Gasteiger partial charge is 0.375 e. The van der Waals surface area contributed by atoms with Gasteiger partial charge in [0.15, 0.2) is 0 Å². The minimum absolute atomic E-state index is 0.0162. The topological polar surface area (TPSA) is 44.5 Å². The van der Waals surface area contributed by atoms with Crippen molar-refractivity contribution in [2.75, 3.05) is 0 Å². The number of hydrogen-bond acceptors (Lipinski definition) is 4. The van der Waals surface area contributed by atoms with E-state index in [0.717, 1.165) is 19.3 Å². The van der Waals surface area contributed by atoms with Crippen molar-refractivity contribution in [1.82, 2.24) is 0 Å². The maximum atomic E-state index is 6.42. The zero-order valence-corrected chi connectivity index (χ0v) is 13.8. The molecule has 20 heavy (non-hydrogen) atoms. The third-order valence-electron chi connectivity index (χ3n) is 4.01. The minimum atomic E-state index is 0.0162. The summed E-state index contributed by atoms with van der Waals surface area (Å²) < 4.78 is 12.2. The summed E-state index contributed by atoms with van der Waals surface area (Å²) in [5.41, 5.74) is 7.60. The van der Waals surface area contributed by atoms with Gasteiger partial charge in [-0.3, -0.25) is 0 Å². The van der Waals surface area contributed by atoms with Crippen molar-refractivity contribution in [2.24, 2.45) is 5.73 Å². The van der Waals surface area contributed by atoms with Gasteiger partial charge in [0.1, 0.15) is 6.10 Å². The van der Waals surface area contributed by atoms with Crippen LogP contribution in [-0.4, -0.2) is 24.4 Å². The van der Waals surface area contributed by atoms with Gasteiger partial charge in [0.2, 0.25) is 0 Å². The quantitative estimate of drug-likeness (QED) is 0.899. The smallest absolute Gasteiger partial charge is 0.107 e. The van der Waals surface area contributed by atoms with Crippen LogP contribution in [0.25, 0.3) is 0 Å². The Morgan fingerprint density at radius 2 is 2.05 bits per heavy atom. The summed E-state index contributed by atoms with van der Waals surface area (Å²) in [5, 5.41) is 2.12. The van der Waals surface area contributed by atoms with Crippen molar-refractivity contribution in [3.05, 3.63) is 21.9 Å². The minimum Gasteiger partial charge on any atom is -0.375 e. The summed E-state index contributed by atoms with van der Waals surface area (Å²) in [5.74, 6) is 0. The second kappa shape index (κ2) is 7.03. The molecule has 0 bridgehead atoms. The predicted molar refractivity (Wildman–Crippen MR) is 84.2 cm³/mol. The highest BCUT2D eigenvalue weighted by molar-refractivity contribution is 7.10. The average Bonchev–Trinajstić information content (AvgIpc) is 2.80. The normalized spacial score (nSPS) is 30.1. The van der Waals surface area contributed by atoms with Gasteiger partial charge in [-0.25, -0.2) is 0 Å². The summed E-state index contributed by atoms with van der Waals surface area (Å²) in [6, 6.07) is 2.20. The van der Waals surface area contributed by atoms with Gasteiger partial charge in [-0.1, -0.05) is 6.92 Å². The number of aryl methyl sites for hydroxylation is 1. The fourth-order valence-electron chi connectivity index (χ4n) is 2.91. The lowest BCUT2D eigenvalue weighted by molar-refractivity contribution is -0.126. The number of ether oxygens (including phenoxy) is 2. The first-order chi connectivity index (χ1) is 9.51. The van der Waals surface area contributed by atoms with Gasteiger partial charge >= 0.3 is 0 Å². The Morgan fingerprint density at radius 3 is 2.55 bits per heavy atom. The van der Waals surface area contributed by atoms with Gasteiger partial charge < -0.3 is 15.2 Å². The number of nitrogens with two attached hydrogens (primary N) is 1. The summed E-state index contributed by atoms with van der Waals surface area (Å²) in [6.07, 6.45) is 3.65. The van der Waals surface area contributed by atoms with E-state index in [0.29, 0.717) is 0 Å². The van der Waals surface area contributed by atoms with E-state index in [1.807, 2.05) is 0 Å². The van der Waals surface area contributed by atoms with Crippen molar-refractivity contribution in [3.8, 4) is 0 Å². The molecule has 0 amide bonds. The Morgan fingerprint density at radius 1 is 1.40 bits per heavy atom. The van der Waals surface area contributed by atoms with Crippen molar-refractivity contribution >= 4 is 11.3 Å². The Labute approximate surface area is 126 Å². The van der Waals surface area contributed by atoms with Crippen LogP contribution >= 0.6 is 11.3 Å². The fourth-order valence-corrected chi connectivity index (χ4v) is 3.95. The lowest BCUT2D eigenvalue weighted by Gasteiger charge is -2.35. The zero-order valence-electron chi connectivity index (χ0n) is 13.0. The van der Waals surface area contributed by atoms with Crippen LogP contribution < -0.4 is 5.73 Å². The molecule has 1 aromatic rings. The standard InChI is InChI=1S/C16H27NO2S/c1-5-14(17)15(16-10(2)6-7-20-16)19-13-8-11(3)18-12(4)9-13/h6-7,11-15H,5,8-9,17H2,1-4H3. The van der Waals surface area contributed by atoms with E-state index in [-0.39, 0.29) is 30.5 Å². The summed E-state index contributed by atoms with van der Waals surface area (Å²) in [7, 11) is 0. The highest BCUT2D eigenvalue weighted by Crippen LogP contribution is 2.34. The van der Waals surface area contributed by atoms with Gasteiger partial charge in [-0.2, -0.15) is 0 Å². The number of rotatable bonds is 5. The molecule has 1 aliphatic heterocycles. The molecule has 4 unspecified atom stereocenters. The molecule has 1 aliphatic rings. The third-order valence-corrected chi connectivity index (χ3v) is 5.09. The van der Waals surface area contributed by atoms with Crippen LogP contribution in [0.3, 0.4) is 0 Å². The Balaban J connectivity index is 2.10. The molecule has 4 heteroatoms. The molecule has 3 nitrogen and oxygen atoms in total. The van der Waals surface area contributed by atoms with Crippen LogP contribution in [0.2, 0.25) is 0 Å². The van der Waals surface area contributed by atoms with Crippen LogP contribution in [0, 0.1) is 6.92 Å². The first kappa shape index (κ1) is 16.0. The molecule has 0 radical (unpaired) electrons. The van der Waals surface area contributed by atoms with Crippen molar-refractivity contribution in [3.63, 3.8) is 0 Å². The van der Waals surface area contributed by atoms with Crippen LogP contribution in [0.1, 0.15) is 56.6 Å². The van der Waals surface area contributed by atoms with E-state index < -0.39 is 0 Å². The first-order valence-electron chi connectivity index (χ1n) is 7.61. The van der Waals surface area contributed by atoms with Gasteiger partial charge in [-0.05, 0) is 57.0 Å². The number of thiophene rings is 1.